The van der Waals surface area contributed by atoms with Gasteiger partial charge in [0.15, 0.2) is 24.9 Å². The first-order valence-corrected chi connectivity index (χ1v) is 12.6. The number of carbonyl (C=O) groups is 4. The first-order chi connectivity index (χ1) is 18.8. The van der Waals surface area contributed by atoms with E-state index in [1.807, 2.05) is 0 Å². The molecule has 0 N–H and O–H groups in total. The molecule has 4 rings (SSSR count). The molecule has 17 nitrogen and oxygen atoms in total. The number of rotatable bonds is 15. The van der Waals surface area contributed by atoms with E-state index in [-0.39, 0.29) is 59.4 Å². The minimum Gasteiger partial charge on any atom is -0.430 e. The molecule has 0 bridgehead atoms. The number of ether oxygens (including phenoxy) is 10. The van der Waals surface area contributed by atoms with Gasteiger partial charge in [0.1, 0.15) is 38.1 Å². The maximum atomic E-state index is 11.5. The molecule has 4 fully saturated rings. The van der Waals surface area contributed by atoms with Crippen molar-refractivity contribution in [3.63, 3.8) is 0 Å². The van der Waals surface area contributed by atoms with Crippen molar-refractivity contribution in [3.05, 3.63) is 0 Å². The van der Waals surface area contributed by atoms with Gasteiger partial charge in [-0.05, 0) is 13.8 Å². The van der Waals surface area contributed by atoms with E-state index in [1.165, 1.54) is 0 Å². The molecule has 0 aromatic rings. The van der Waals surface area contributed by atoms with Crippen molar-refractivity contribution in [1.29, 1.82) is 0 Å². The van der Waals surface area contributed by atoms with Gasteiger partial charge in [-0.25, -0.2) is 19.2 Å². The smallest absolute Gasteiger partial charge is 0.430 e. The molecule has 0 aliphatic carbocycles. The van der Waals surface area contributed by atoms with E-state index in [0.29, 0.717) is 0 Å². The fourth-order valence-electron chi connectivity index (χ4n) is 4.21. The molecule has 40 heavy (non-hydrogen) atoms. The van der Waals surface area contributed by atoms with E-state index >= 15 is 0 Å². The van der Waals surface area contributed by atoms with Gasteiger partial charge in [-0.1, -0.05) is 0 Å². The van der Waals surface area contributed by atoms with Crippen molar-refractivity contribution in [3.8, 4) is 0 Å². The predicted octanol–water partition coefficient (Wildman–Crippen LogP) is 1.70. The molecule has 0 aromatic heterocycles. The van der Waals surface area contributed by atoms with Crippen molar-refractivity contribution in [1.82, 2.24) is 0 Å². The summed E-state index contributed by atoms with van der Waals surface area (Å²) < 4.78 is 51.9. The van der Waals surface area contributed by atoms with E-state index < -0.39 is 65.2 Å². The van der Waals surface area contributed by atoms with Crippen LogP contribution in [-0.2, 0) is 57.0 Å². The third-order valence-electron chi connectivity index (χ3n) is 6.19. The fourth-order valence-corrected chi connectivity index (χ4v) is 4.21. The monoisotopic (exact) mass is 580 g/mol. The number of hydroxylamine groups is 4. The number of cyclic esters (lactones) is 8. The molecular formula is C23H34NO16+. The Morgan fingerprint density at radius 3 is 1.60 bits per heavy atom. The number of hydrogen-bond donors (Lipinski definition) is 0. The summed E-state index contributed by atoms with van der Waals surface area (Å²) >= 11 is 0. The lowest BCUT2D eigenvalue weighted by Gasteiger charge is -2.46. The summed E-state index contributed by atoms with van der Waals surface area (Å²) in [4.78, 5) is 57.7. The highest BCUT2D eigenvalue weighted by Crippen LogP contribution is 2.36. The van der Waals surface area contributed by atoms with Gasteiger partial charge in [-0.2, -0.15) is 9.68 Å². The van der Waals surface area contributed by atoms with Crippen LogP contribution in [0.1, 0.15) is 34.1 Å². The molecule has 4 aliphatic heterocycles. The molecule has 4 saturated heterocycles. The minimum absolute atomic E-state index is 0.00138. The van der Waals surface area contributed by atoms with Crippen molar-refractivity contribution >= 4 is 24.6 Å². The lowest BCUT2D eigenvalue weighted by Crippen LogP contribution is -2.67. The Bertz CT molecular complexity index is 955. The van der Waals surface area contributed by atoms with Gasteiger partial charge in [0.2, 0.25) is 6.73 Å². The van der Waals surface area contributed by atoms with E-state index in [2.05, 4.69) is 0 Å². The second-order valence-corrected chi connectivity index (χ2v) is 10.5. The third-order valence-corrected chi connectivity index (χ3v) is 6.19. The highest BCUT2D eigenvalue weighted by Gasteiger charge is 2.56. The second-order valence-electron chi connectivity index (χ2n) is 10.5. The van der Waals surface area contributed by atoms with Gasteiger partial charge in [-0.3, -0.25) is 0 Å². The molecule has 226 valence electrons. The predicted molar refractivity (Wildman–Crippen MR) is 122 cm³/mol. The highest BCUT2D eigenvalue weighted by atomic mass is 17.0. The Morgan fingerprint density at radius 1 is 0.675 bits per heavy atom. The Labute approximate surface area is 229 Å². The van der Waals surface area contributed by atoms with Crippen LogP contribution in [0.2, 0.25) is 0 Å². The Kier molecular flexibility index (Phi) is 9.09. The highest BCUT2D eigenvalue weighted by molar-refractivity contribution is 5.62. The summed E-state index contributed by atoms with van der Waals surface area (Å²) in [5.74, 6) is 0. The first-order valence-electron chi connectivity index (χ1n) is 12.6. The van der Waals surface area contributed by atoms with Crippen LogP contribution in [0.3, 0.4) is 0 Å². The summed E-state index contributed by atoms with van der Waals surface area (Å²) in [6.45, 7) is 6.09. The number of hydrogen-bond acceptors (Lipinski definition) is 16. The standard InChI is InChI=1S/C23H34NO16/c1-22(2,5-14-7-30-18(25)36-14)40-24(35-12-17-10-33-21(28)39-17,13-29-6-15-8-31-19(26)37-15)23(3,4)34-11-16-9-32-20(27)38-16/h14-17H,5-13H2,1-4H3/q+1/t14?,15-,16?,17?,24?/m0/s1. The molecule has 17 heteroatoms. The molecular weight excluding hydrogens is 546 g/mol. The van der Waals surface area contributed by atoms with E-state index in [4.69, 9.17) is 57.0 Å². The summed E-state index contributed by atoms with van der Waals surface area (Å²) in [6.07, 6.45) is -5.75. The summed E-state index contributed by atoms with van der Waals surface area (Å²) in [7, 11) is 0. The van der Waals surface area contributed by atoms with E-state index in [0.717, 1.165) is 0 Å². The zero-order valence-corrected chi connectivity index (χ0v) is 22.7. The molecule has 0 radical (unpaired) electrons. The molecule has 0 spiro atoms. The lowest BCUT2D eigenvalue weighted by molar-refractivity contribution is -1.30. The Hall–Kier alpha value is -3.12. The van der Waals surface area contributed by atoms with Gasteiger partial charge in [0.05, 0.1) is 13.2 Å². The SMILES string of the molecule is CC(C)(CC1COC(=O)O1)O[N+](COC[C@H]1COC(=O)O1)(OCC1COC(=O)O1)C(C)(C)OCC1COC(=O)O1. The summed E-state index contributed by atoms with van der Waals surface area (Å²) in [5, 5.41) is 0. The zero-order chi connectivity index (χ0) is 29.0. The van der Waals surface area contributed by atoms with Crippen molar-refractivity contribution in [2.75, 3.05) is 53.0 Å². The van der Waals surface area contributed by atoms with Crippen molar-refractivity contribution in [2.24, 2.45) is 0 Å². The van der Waals surface area contributed by atoms with Crippen LogP contribution < -0.4 is 0 Å². The summed E-state index contributed by atoms with van der Waals surface area (Å²) in [6, 6.07) is 0. The average Bonchev–Trinajstić information content (AvgIpc) is 3.66. The van der Waals surface area contributed by atoms with E-state index in [9.17, 15) is 19.2 Å². The molecule has 0 amide bonds. The van der Waals surface area contributed by atoms with Gasteiger partial charge < -0.3 is 47.4 Å². The number of quaternary nitrogens is 1. The van der Waals surface area contributed by atoms with Gasteiger partial charge in [-0.15, -0.1) is 0 Å². The van der Waals surface area contributed by atoms with Gasteiger partial charge in [0, 0.05) is 25.1 Å². The van der Waals surface area contributed by atoms with Crippen LogP contribution in [-0.4, -0.2) is 118 Å². The van der Waals surface area contributed by atoms with Gasteiger partial charge >= 0.3 is 24.6 Å². The molecule has 4 unspecified atom stereocenters. The first kappa shape index (κ1) is 29.9. The maximum absolute atomic E-state index is 11.5. The molecule has 5 atom stereocenters. The molecule has 4 aliphatic rings. The van der Waals surface area contributed by atoms with Crippen LogP contribution in [0.25, 0.3) is 0 Å². The number of carbonyl (C=O) groups excluding carboxylic acids is 4. The van der Waals surface area contributed by atoms with Crippen molar-refractivity contribution in [2.45, 2.75) is 69.9 Å². The molecule has 0 saturated carbocycles. The van der Waals surface area contributed by atoms with Crippen LogP contribution in [0.5, 0.6) is 0 Å². The van der Waals surface area contributed by atoms with E-state index in [1.54, 1.807) is 27.7 Å². The summed E-state index contributed by atoms with van der Waals surface area (Å²) in [5.41, 5.74) is -2.45. The fraction of sp³-hybridized carbons (Fsp3) is 0.826. The number of nitrogens with zero attached hydrogens (tertiary/aromatic N) is 1. The quantitative estimate of drug-likeness (QED) is 0.0897. The van der Waals surface area contributed by atoms with Crippen molar-refractivity contribution < 1.29 is 81.0 Å². The van der Waals surface area contributed by atoms with Crippen LogP contribution in [0.15, 0.2) is 0 Å². The Morgan fingerprint density at radius 2 is 1.12 bits per heavy atom. The Balaban J connectivity index is 1.55. The molecule has 4 heterocycles. The molecule has 0 aromatic carbocycles. The van der Waals surface area contributed by atoms with Crippen LogP contribution in [0, 0.1) is 0 Å². The normalized spacial score (nSPS) is 28.0. The zero-order valence-electron chi connectivity index (χ0n) is 22.7. The average molecular weight is 581 g/mol. The van der Waals surface area contributed by atoms with Gasteiger partial charge in [0.25, 0.3) is 5.72 Å². The maximum Gasteiger partial charge on any atom is 0.508 e. The third kappa shape index (κ3) is 7.75. The topological polar surface area (TPSA) is 179 Å². The second kappa shape index (κ2) is 12.2. The lowest BCUT2D eigenvalue weighted by atomic mass is 10.0. The minimum atomic E-state index is -1.39. The largest absolute Gasteiger partial charge is 0.508 e. The van der Waals surface area contributed by atoms with Crippen LogP contribution in [0.4, 0.5) is 19.2 Å². The van der Waals surface area contributed by atoms with Crippen LogP contribution >= 0.6 is 0 Å².